The number of carbonyl (C=O) groups excluding carboxylic acids is 3. The second-order valence-electron chi connectivity index (χ2n) is 17.0. The summed E-state index contributed by atoms with van der Waals surface area (Å²) in [7, 11) is 0. The third kappa shape index (κ3) is 53.8. The first-order valence-electron chi connectivity index (χ1n) is 27.0. The largest absolute Gasteiger partial charge is 0.462 e. The SMILES string of the molecule is CC/C=C\C/C=C\C/C=C\C/C=C\C/C=C\C/C=C\C/C=C\C/C=C\C/C=C\CCCCCC(=O)OCC(COC(=O)CCCCCCCCC)OC(=O)CC/C=C\C/C=C\C/C=C\C/C=C\CC. The van der Waals surface area contributed by atoms with Crippen molar-refractivity contribution in [2.45, 2.75) is 207 Å². The van der Waals surface area contributed by atoms with Crippen LogP contribution >= 0.6 is 0 Å². The summed E-state index contributed by atoms with van der Waals surface area (Å²) in [4.78, 5) is 37.7. The molecule has 0 N–H and O–H groups in total. The Bertz CT molecular complexity index is 1610. The molecule has 0 spiro atoms. The first-order valence-corrected chi connectivity index (χ1v) is 27.0. The molecule has 0 bridgehead atoms. The summed E-state index contributed by atoms with van der Waals surface area (Å²) in [5.41, 5.74) is 0. The molecular weight excluding hydrogens is 853 g/mol. The Labute approximate surface area is 422 Å². The molecule has 1 atom stereocenters. The van der Waals surface area contributed by atoms with Crippen LogP contribution in [-0.4, -0.2) is 37.2 Å². The Morgan fingerprint density at radius 1 is 0.304 bits per heavy atom. The predicted molar refractivity (Wildman–Crippen MR) is 297 cm³/mol. The summed E-state index contributed by atoms with van der Waals surface area (Å²) < 4.78 is 16.6. The lowest BCUT2D eigenvalue weighted by Gasteiger charge is -2.18. The van der Waals surface area contributed by atoms with Crippen LogP contribution in [0.15, 0.2) is 158 Å². The molecule has 0 rings (SSSR count). The number of hydrogen-bond donors (Lipinski definition) is 0. The summed E-state index contributed by atoms with van der Waals surface area (Å²) >= 11 is 0. The van der Waals surface area contributed by atoms with Crippen LogP contribution in [0, 0.1) is 0 Å². The Morgan fingerprint density at radius 3 is 0.942 bits per heavy atom. The Kier molecular flexibility index (Phi) is 51.6. The van der Waals surface area contributed by atoms with Crippen LogP contribution < -0.4 is 0 Å². The topological polar surface area (TPSA) is 78.9 Å². The van der Waals surface area contributed by atoms with E-state index in [9.17, 15) is 14.4 Å². The van der Waals surface area contributed by atoms with Crippen molar-refractivity contribution in [1.29, 1.82) is 0 Å². The first-order chi connectivity index (χ1) is 34.0. The average Bonchev–Trinajstić information content (AvgIpc) is 3.35. The highest BCUT2D eigenvalue weighted by Gasteiger charge is 2.19. The van der Waals surface area contributed by atoms with Crippen molar-refractivity contribution in [3.05, 3.63) is 158 Å². The molecule has 0 aromatic heterocycles. The van der Waals surface area contributed by atoms with Gasteiger partial charge in [0.2, 0.25) is 0 Å². The maximum atomic E-state index is 12.7. The summed E-state index contributed by atoms with van der Waals surface area (Å²) in [6, 6.07) is 0. The molecule has 6 heteroatoms. The number of carbonyl (C=O) groups is 3. The van der Waals surface area contributed by atoms with Crippen LogP contribution in [0.3, 0.4) is 0 Å². The number of esters is 3. The van der Waals surface area contributed by atoms with Crippen molar-refractivity contribution in [2.24, 2.45) is 0 Å². The molecular formula is C63H96O6. The van der Waals surface area contributed by atoms with E-state index in [1.54, 1.807) is 0 Å². The lowest BCUT2D eigenvalue weighted by Crippen LogP contribution is -2.30. The molecule has 0 aromatic rings. The zero-order valence-corrected chi connectivity index (χ0v) is 43.8. The van der Waals surface area contributed by atoms with Gasteiger partial charge in [0.15, 0.2) is 6.10 Å². The standard InChI is InChI=1S/C63H96O6/c1-4-7-10-13-16-18-20-22-23-24-25-26-27-28-29-30-31-32-33-34-35-36-37-38-39-41-42-44-47-50-53-56-62(65)68-59-60(58-67-61(64)55-52-49-46-15-12-9-6-3)69-63(66)57-54-51-48-45-43-40-21-19-17-14-11-8-5-2/h7-8,10-11,16-19,22-23,25-26,28-29,31-32,34-35,37-38,40-43,48,51,60H,4-6,9,12-15,20-21,24,27,30,33,36,39,44-47,49-50,52-59H2,1-3H3/b10-7-,11-8-,18-16-,19-17-,23-22-,26-25-,29-28-,32-31-,35-34-,38-37-,42-41-,43-40-,51-48-. The van der Waals surface area contributed by atoms with Gasteiger partial charge in [-0.1, -0.05) is 224 Å². The van der Waals surface area contributed by atoms with Crippen molar-refractivity contribution in [3.8, 4) is 0 Å². The maximum absolute atomic E-state index is 12.7. The van der Waals surface area contributed by atoms with Crippen molar-refractivity contribution >= 4 is 17.9 Å². The van der Waals surface area contributed by atoms with E-state index < -0.39 is 12.1 Å². The van der Waals surface area contributed by atoms with Crippen molar-refractivity contribution < 1.29 is 28.6 Å². The summed E-state index contributed by atoms with van der Waals surface area (Å²) in [5.74, 6) is -1.06. The molecule has 0 amide bonds. The fraction of sp³-hybridized carbons (Fsp3) is 0.540. The molecule has 0 heterocycles. The van der Waals surface area contributed by atoms with Gasteiger partial charge in [-0.3, -0.25) is 14.4 Å². The van der Waals surface area contributed by atoms with E-state index in [2.05, 4.69) is 167 Å². The number of rotatable bonds is 46. The Hall–Kier alpha value is -4.97. The molecule has 0 radical (unpaired) electrons. The molecule has 0 aliphatic heterocycles. The van der Waals surface area contributed by atoms with E-state index in [-0.39, 0.29) is 31.6 Å². The minimum absolute atomic E-state index is 0.123. The maximum Gasteiger partial charge on any atom is 0.306 e. The van der Waals surface area contributed by atoms with Gasteiger partial charge in [0.25, 0.3) is 0 Å². The average molecular weight is 949 g/mol. The fourth-order valence-electron chi connectivity index (χ4n) is 6.56. The zero-order valence-electron chi connectivity index (χ0n) is 43.8. The predicted octanol–water partition coefficient (Wildman–Crippen LogP) is 18.2. The summed E-state index contributed by atoms with van der Waals surface area (Å²) in [6.45, 7) is 6.24. The first kappa shape index (κ1) is 64.0. The highest BCUT2D eigenvalue weighted by Crippen LogP contribution is 2.11. The van der Waals surface area contributed by atoms with E-state index in [0.717, 1.165) is 128 Å². The molecule has 0 saturated heterocycles. The Morgan fingerprint density at radius 2 is 0.594 bits per heavy atom. The van der Waals surface area contributed by atoms with Crippen LogP contribution in [0.4, 0.5) is 0 Å². The summed E-state index contributed by atoms with van der Waals surface area (Å²) in [5, 5.41) is 0. The quantitative estimate of drug-likeness (QED) is 0.0262. The van der Waals surface area contributed by atoms with Crippen LogP contribution in [0.25, 0.3) is 0 Å². The van der Waals surface area contributed by atoms with Crippen molar-refractivity contribution in [3.63, 3.8) is 0 Å². The third-order valence-electron chi connectivity index (χ3n) is 10.5. The second kappa shape index (κ2) is 55.6. The highest BCUT2D eigenvalue weighted by molar-refractivity contribution is 5.71. The fourth-order valence-corrected chi connectivity index (χ4v) is 6.56. The van der Waals surface area contributed by atoms with Crippen LogP contribution in [0.2, 0.25) is 0 Å². The molecule has 0 aliphatic carbocycles. The van der Waals surface area contributed by atoms with Crippen LogP contribution in [0.5, 0.6) is 0 Å². The number of unbranched alkanes of at least 4 members (excludes halogenated alkanes) is 9. The molecule has 69 heavy (non-hydrogen) atoms. The normalized spacial score (nSPS) is 13.4. The molecule has 1 unspecified atom stereocenters. The van der Waals surface area contributed by atoms with E-state index in [1.165, 1.54) is 25.7 Å². The van der Waals surface area contributed by atoms with Gasteiger partial charge in [0.05, 0.1) is 0 Å². The molecule has 0 fully saturated rings. The molecule has 0 aliphatic rings. The van der Waals surface area contributed by atoms with Crippen LogP contribution in [-0.2, 0) is 28.6 Å². The van der Waals surface area contributed by atoms with Crippen molar-refractivity contribution in [2.75, 3.05) is 13.2 Å². The smallest absolute Gasteiger partial charge is 0.306 e. The third-order valence-corrected chi connectivity index (χ3v) is 10.5. The van der Waals surface area contributed by atoms with Gasteiger partial charge in [-0.2, -0.15) is 0 Å². The second-order valence-corrected chi connectivity index (χ2v) is 17.0. The van der Waals surface area contributed by atoms with Gasteiger partial charge in [-0.15, -0.1) is 0 Å². The molecule has 6 nitrogen and oxygen atoms in total. The van der Waals surface area contributed by atoms with E-state index >= 15 is 0 Å². The lowest BCUT2D eigenvalue weighted by atomic mass is 10.1. The zero-order chi connectivity index (χ0) is 50.0. The van der Waals surface area contributed by atoms with Gasteiger partial charge >= 0.3 is 17.9 Å². The van der Waals surface area contributed by atoms with Gasteiger partial charge < -0.3 is 14.2 Å². The van der Waals surface area contributed by atoms with Crippen LogP contribution in [0.1, 0.15) is 201 Å². The van der Waals surface area contributed by atoms with Gasteiger partial charge in [0, 0.05) is 19.3 Å². The molecule has 0 saturated carbocycles. The molecule has 384 valence electrons. The summed E-state index contributed by atoms with van der Waals surface area (Å²) in [6.07, 6.45) is 81.3. The van der Waals surface area contributed by atoms with E-state index in [1.807, 2.05) is 12.2 Å². The number of allylic oxidation sites excluding steroid dienone is 26. The number of ether oxygens (including phenoxy) is 3. The van der Waals surface area contributed by atoms with E-state index in [4.69, 9.17) is 14.2 Å². The minimum Gasteiger partial charge on any atom is -0.462 e. The lowest BCUT2D eigenvalue weighted by molar-refractivity contribution is -0.166. The molecule has 0 aromatic carbocycles. The Balaban J connectivity index is 4.31. The highest BCUT2D eigenvalue weighted by atomic mass is 16.6. The van der Waals surface area contributed by atoms with Gasteiger partial charge in [-0.05, 0) is 116 Å². The van der Waals surface area contributed by atoms with E-state index in [0.29, 0.717) is 19.3 Å². The van der Waals surface area contributed by atoms with Gasteiger partial charge in [-0.25, -0.2) is 0 Å². The van der Waals surface area contributed by atoms with Crippen molar-refractivity contribution in [1.82, 2.24) is 0 Å². The monoisotopic (exact) mass is 949 g/mol. The van der Waals surface area contributed by atoms with Gasteiger partial charge in [0.1, 0.15) is 13.2 Å². The number of hydrogen-bond acceptors (Lipinski definition) is 6. The minimum atomic E-state index is -0.833.